The zero-order valence-corrected chi connectivity index (χ0v) is 14.8. The Morgan fingerprint density at radius 3 is 2.32 bits per heavy atom. The fourth-order valence-electron chi connectivity index (χ4n) is 2.82. The van der Waals surface area contributed by atoms with Crippen LogP contribution in [0.5, 0.6) is 0 Å². The van der Waals surface area contributed by atoms with E-state index in [1.807, 2.05) is 0 Å². The summed E-state index contributed by atoms with van der Waals surface area (Å²) in [5, 5.41) is 11.7. The largest absolute Gasteiger partial charge is 0.478 e. The Kier molecular flexibility index (Phi) is 5.79. The van der Waals surface area contributed by atoms with Crippen molar-refractivity contribution in [2.45, 2.75) is 12.8 Å². The summed E-state index contributed by atoms with van der Waals surface area (Å²) in [7, 11) is 0. The zero-order chi connectivity index (χ0) is 20.1. The van der Waals surface area contributed by atoms with E-state index in [2.05, 4.69) is 5.32 Å². The van der Waals surface area contributed by atoms with Crippen molar-refractivity contribution in [3.05, 3.63) is 89.5 Å². The molecule has 6 heteroatoms. The highest BCUT2D eigenvalue weighted by molar-refractivity contribution is 6.00. The summed E-state index contributed by atoms with van der Waals surface area (Å²) in [6.45, 7) is 0. The maximum atomic E-state index is 13.9. The molecule has 0 heterocycles. The average Bonchev–Trinajstić information content (AvgIpc) is 2.67. The number of hydrogen-bond acceptors (Lipinski definition) is 2. The molecule has 1 amide bonds. The molecule has 0 atom stereocenters. The van der Waals surface area contributed by atoms with Gasteiger partial charge in [0.1, 0.15) is 11.6 Å². The number of hydrogen-bond donors (Lipinski definition) is 2. The molecule has 0 saturated heterocycles. The molecule has 3 rings (SSSR count). The van der Waals surface area contributed by atoms with Crippen LogP contribution in [0.3, 0.4) is 0 Å². The van der Waals surface area contributed by atoms with Gasteiger partial charge in [-0.1, -0.05) is 36.4 Å². The third kappa shape index (κ3) is 4.59. The minimum Gasteiger partial charge on any atom is -0.478 e. The van der Waals surface area contributed by atoms with Crippen molar-refractivity contribution >= 4 is 17.6 Å². The molecule has 0 aromatic heterocycles. The number of para-hydroxylation sites is 1. The first-order chi connectivity index (χ1) is 13.4. The van der Waals surface area contributed by atoms with Crippen LogP contribution >= 0.6 is 0 Å². The second-order valence-corrected chi connectivity index (χ2v) is 6.22. The molecular weight excluding hydrogens is 364 g/mol. The van der Waals surface area contributed by atoms with Crippen LogP contribution in [-0.4, -0.2) is 17.0 Å². The number of carboxylic acid groups (broad SMARTS) is 1. The second kappa shape index (κ2) is 8.43. The number of nitrogens with one attached hydrogen (secondary N) is 1. The van der Waals surface area contributed by atoms with Crippen molar-refractivity contribution < 1.29 is 23.5 Å². The first kappa shape index (κ1) is 19.2. The number of carbonyl (C=O) groups excluding carboxylic acids is 1. The molecule has 0 spiro atoms. The molecule has 0 fully saturated rings. The number of rotatable bonds is 6. The van der Waals surface area contributed by atoms with E-state index in [1.54, 1.807) is 36.4 Å². The number of anilines is 1. The summed E-state index contributed by atoms with van der Waals surface area (Å²) in [5.41, 5.74) is 2.06. The first-order valence-electron chi connectivity index (χ1n) is 8.60. The fraction of sp³-hybridized carbons (Fsp3) is 0.0909. The quantitative estimate of drug-likeness (QED) is 0.638. The summed E-state index contributed by atoms with van der Waals surface area (Å²) in [6, 6.07) is 16.6. The van der Waals surface area contributed by atoms with Crippen molar-refractivity contribution in [3.8, 4) is 11.1 Å². The van der Waals surface area contributed by atoms with Gasteiger partial charge in [0.05, 0.1) is 11.3 Å². The average molecular weight is 381 g/mol. The van der Waals surface area contributed by atoms with Gasteiger partial charge in [0.25, 0.3) is 0 Å². The molecule has 0 aliphatic rings. The third-order valence-electron chi connectivity index (χ3n) is 4.27. The maximum absolute atomic E-state index is 13.9. The van der Waals surface area contributed by atoms with Gasteiger partial charge in [-0.3, -0.25) is 4.79 Å². The van der Waals surface area contributed by atoms with Gasteiger partial charge in [-0.15, -0.1) is 0 Å². The number of halogens is 2. The number of carboxylic acids is 1. The molecule has 0 unspecified atom stereocenters. The lowest BCUT2D eigenvalue weighted by Crippen LogP contribution is -2.15. The number of aromatic carboxylic acids is 1. The normalized spacial score (nSPS) is 10.5. The van der Waals surface area contributed by atoms with Crippen LogP contribution < -0.4 is 5.32 Å². The van der Waals surface area contributed by atoms with E-state index in [0.29, 0.717) is 17.5 Å². The molecule has 0 saturated carbocycles. The molecule has 0 bridgehead atoms. The van der Waals surface area contributed by atoms with E-state index in [0.717, 1.165) is 11.6 Å². The van der Waals surface area contributed by atoms with Gasteiger partial charge in [0, 0.05) is 18.1 Å². The SMILES string of the molecule is O=C(CCc1ccc(-c2ccc(F)cc2F)cc1)Nc1ccccc1C(=O)O. The Balaban J connectivity index is 1.62. The standard InChI is InChI=1S/C22H17F2NO3/c23-16-10-11-17(19(24)13-16)15-8-5-14(6-9-15)7-12-21(26)25-20-4-2-1-3-18(20)22(27)28/h1-6,8-11,13H,7,12H2,(H,25,26)(H,27,28). The zero-order valence-electron chi connectivity index (χ0n) is 14.8. The van der Waals surface area contributed by atoms with Gasteiger partial charge >= 0.3 is 5.97 Å². The van der Waals surface area contributed by atoms with Gasteiger partial charge in [-0.05, 0) is 41.8 Å². The summed E-state index contributed by atoms with van der Waals surface area (Å²) in [4.78, 5) is 23.3. The molecule has 0 radical (unpaired) electrons. The number of aryl methyl sites for hydroxylation is 1. The van der Waals surface area contributed by atoms with Crippen molar-refractivity contribution in [1.82, 2.24) is 0 Å². The van der Waals surface area contributed by atoms with Gasteiger partial charge in [0.15, 0.2) is 0 Å². The summed E-state index contributed by atoms with van der Waals surface area (Å²) >= 11 is 0. The lowest BCUT2D eigenvalue weighted by Gasteiger charge is -2.09. The molecule has 3 aromatic carbocycles. The second-order valence-electron chi connectivity index (χ2n) is 6.22. The predicted molar refractivity (Wildman–Crippen MR) is 102 cm³/mol. The molecule has 3 aromatic rings. The van der Waals surface area contributed by atoms with E-state index in [-0.39, 0.29) is 23.6 Å². The van der Waals surface area contributed by atoms with Gasteiger partial charge in [-0.25, -0.2) is 13.6 Å². The van der Waals surface area contributed by atoms with Gasteiger partial charge in [0.2, 0.25) is 5.91 Å². The van der Waals surface area contributed by atoms with E-state index in [9.17, 15) is 18.4 Å². The fourth-order valence-corrected chi connectivity index (χ4v) is 2.82. The molecule has 4 nitrogen and oxygen atoms in total. The monoisotopic (exact) mass is 381 g/mol. The lowest BCUT2D eigenvalue weighted by atomic mass is 10.0. The topological polar surface area (TPSA) is 66.4 Å². The van der Waals surface area contributed by atoms with Crippen molar-refractivity contribution in [2.75, 3.05) is 5.32 Å². The Hall–Kier alpha value is -3.54. The van der Waals surface area contributed by atoms with Crippen LogP contribution in [-0.2, 0) is 11.2 Å². The Labute approximate surface area is 160 Å². The third-order valence-corrected chi connectivity index (χ3v) is 4.27. The Bertz CT molecular complexity index is 1020. The highest BCUT2D eigenvalue weighted by Crippen LogP contribution is 2.24. The van der Waals surface area contributed by atoms with Crippen molar-refractivity contribution in [3.63, 3.8) is 0 Å². The van der Waals surface area contributed by atoms with Gasteiger partial charge in [-0.2, -0.15) is 0 Å². The minimum absolute atomic E-state index is 0.0292. The van der Waals surface area contributed by atoms with Crippen LogP contribution in [0.15, 0.2) is 66.7 Å². The highest BCUT2D eigenvalue weighted by Gasteiger charge is 2.12. The number of amides is 1. The van der Waals surface area contributed by atoms with E-state index in [1.165, 1.54) is 24.3 Å². The van der Waals surface area contributed by atoms with Crippen LogP contribution in [0.1, 0.15) is 22.3 Å². The van der Waals surface area contributed by atoms with Crippen LogP contribution in [0.25, 0.3) is 11.1 Å². The molecule has 2 N–H and O–H groups in total. The molecular formula is C22H17F2NO3. The van der Waals surface area contributed by atoms with Crippen LogP contribution in [0, 0.1) is 11.6 Å². The molecule has 142 valence electrons. The van der Waals surface area contributed by atoms with Crippen LogP contribution in [0.2, 0.25) is 0 Å². The Morgan fingerprint density at radius 1 is 0.929 bits per heavy atom. The van der Waals surface area contributed by atoms with E-state index >= 15 is 0 Å². The summed E-state index contributed by atoms with van der Waals surface area (Å²) in [6.07, 6.45) is 0.603. The van der Waals surface area contributed by atoms with E-state index < -0.39 is 17.6 Å². The maximum Gasteiger partial charge on any atom is 0.337 e. The Morgan fingerprint density at radius 2 is 1.64 bits per heavy atom. The lowest BCUT2D eigenvalue weighted by molar-refractivity contribution is -0.116. The van der Waals surface area contributed by atoms with Gasteiger partial charge < -0.3 is 10.4 Å². The molecule has 0 aliphatic carbocycles. The van der Waals surface area contributed by atoms with Crippen molar-refractivity contribution in [2.24, 2.45) is 0 Å². The smallest absolute Gasteiger partial charge is 0.337 e. The number of carbonyl (C=O) groups is 2. The molecule has 28 heavy (non-hydrogen) atoms. The van der Waals surface area contributed by atoms with Crippen molar-refractivity contribution in [1.29, 1.82) is 0 Å². The predicted octanol–water partition coefficient (Wildman–Crippen LogP) is 4.90. The van der Waals surface area contributed by atoms with E-state index in [4.69, 9.17) is 5.11 Å². The highest BCUT2D eigenvalue weighted by atomic mass is 19.1. The first-order valence-corrected chi connectivity index (χ1v) is 8.60. The van der Waals surface area contributed by atoms with Crippen LogP contribution in [0.4, 0.5) is 14.5 Å². The molecule has 0 aliphatic heterocycles. The summed E-state index contributed by atoms with van der Waals surface area (Å²) < 4.78 is 26.9. The summed E-state index contributed by atoms with van der Waals surface area (Å²) in [5.74, 6) is -2.68. The number of benzene rings is 3. The minimum atomic E-state index is -1.11.